The highest BCUT2D eigenvalue weighted by Crippen LogP contribution is 2.21. The number of nitrogens with zero attached hydrogens (tertiary/aromatic N) is 1. The molecule has 1 aliphatic heterocycles. The minimum absolute atomic E-state index is 0.207. The normalized spacial score (nSPS) is 14.9. The number of rotatable bonds is 6. The number of carbonyl (C=O) groups is 1. The first-order chi connectivity index (χ1) is 10.8. The van der Waals surface area contributed by atoms with Crippen LogP contribution in [0.25, 0.3) is 0 Å². The molecule has 2 aromatic carbocycles. The number of ether oxygens (including phenoxy) is 1. The van der Waals surface area contributed by atoms with E-state index in [9.17, 15) is 4.79 Å². The van der Waals surface area contributed by atoms with Crippen LogP contribution >= 0.6 is 0 Å². The average molecular weight is 295 g/mol. The van der Waals surface area contributed by atoms with Crippen molar-refractivity contribution in [1.82, 2.24) is 4.90 Å². The van der Waals surface area contributed by atoms with Gasteiger partial charge in [-0.25, -0.2) is 0 Å². The fraction of sp³-hybridized carbons (Fsp3) is 0.316. The number of carbonyl (C=O) groups excluding carboxylic acids is 1. The van der Waals surface area contributed by atoms with Crippen LogP contribution in [0.15, 0.2) is 54.6 Å². The zero-order valence-electron chi connectivity index (χ0n) is 12.7. The molecule has 3 heteroatoms. The van der Waals surface area contributed by atoms with Crippen molar-refractivity contribution in [2.75, 3.05) is 19.6 Å². The van der Waals surface area contributed by atoms with Crippen molar-refractivity contribution in [3.8, 4) is 11.5 Å². The molecular formula is C19H21NO2. The van der Waals surface area contributed by atoms with Crippen molar-refractivity contribution in [2.45, 2.75) is 19.3 Å². The Balaban J connectivity index is 1.55. The van der Waals surface area contributed by atoms with Crippen LogP contribution in [-0.4, -0.2) is 30.3 Å². The summed E-state index contributed by atoms with van der Waals surface area (Å²) < 4.78 is 5.73. The Labute approximate surface area is 131 Å². The molecule has 0 amide bonds. The van der Waals surface area contributed by atoms with E-state index < -0.39 is 0 Å². The minimum Gasteiger partial charge on any atom is -0.457 e. The van der Waals surface area contributed by atoms with Crippen LogP contribution in [0.2, 0.25) is 0 Å². The number of hydrogen-bond donors (Lipinski definition) is 0. The smallest absolute Gasteiger partial charge is 0.164 e. The van der Waals surface area contributed by atoms with Gasteiger partial charge in [0.05, 0.1) is 0 Å². The van der Waals surface area contributed by atoms with Crippen molar-refractivity contribution in [3.05, 3.63) is 60.2 Å². The Morgan fingerprint density at radius 2 is 1.55 bits per heavy atom. The van der Waals surface area contributed by atoms with E-state index >= 15 is 0 Å². The van der Waals surface area contributed by atoms with Crippen molar-refractivity contribution < 1.29 is 9.53 Å². The zero-order valence-corrected chi connectivity index (χ0v) is 12.7. The molecule has 0 saturated carbocycles. The molecule has 0 aromatic heterocycles. The highest BCUT2D eigenvalue weighted by atomic mass is 16.5. The van der Waals surface area contributed by atoms with Crippen LogP contribution in [0.4, 0.5) is 0 Å². The third-order valence-electron chi connectivity index (χ3n) is 4.01. The Bertz CT molecular complexity index is 601. The van der Waals surface area contributed by atoms with Crippen LogP contribution in [0.5, 0.6) is 11.5 Å². The maximum Gasteiger partial charge on any atom is 0.164 e. The Morgan fingerprint density at radius 3 is 2.23 bits per heavy atom. The van der Waals surface area contributed by atoms with Crippen molar-refractivity contribution in [3.63, 3.8) is 0 Å². The van der Waals surface area contributed by atoms with E-state index in [0.717, 1.165) is 36.7 Å². The summed E-state index contributed by atoms with van der Waals surface area (Å²) in [5.74, 6) is 1.76. The fourth-order valence-corrected chi connectivity index (χ4v) is 2.74. The highest BCUT2D eigenvalue weighted by molar-refractivity contribution is 5.96. The molecule has 1 aliphatic rings. The van der Waals surface area contributed by atoms with E-state index in [-0.39, 0.29) is 5.78 Å². The molecule has 3 nitrogen and oxygen atoms in total. The predicted molar refractivity (Wildman–Crippen MR) is 87.6 cm³/mol. The molecule has 0 unspecified atom stereocenters. The number of para-hydroxylation sites is 1. The zero-order chi connectivity index (χ0) is 15.2. The molecule has 0 aliphatic carbocycles. The first-order valence-electron chi connectivity index (χ1n) is 7.90. The fourth-order valence-electron chi connectivity index (χ4n) is 2.74. The summed E-state index contributed by atoms with van der Waals surface area (Å²) >= 11 is 0. The summed E-state index contributed by atoms with van der Waals surface area (Å²) in [5.41, 5.74) is 0.764. The monoisotopic (exact) mass is 295 g/mol. The summed E-state index contributed by atoms with van der Waals surface area (Å²) in [4.78, 5) is 14.6. The summed E-state index contributed by atoms with van der Waals surface area (Å²) in [5, 5.41) is 0. The van der Waals surface area contributed by atoms with E-state index in [2.05, 4.69) is 4.90 Å². The molecule has 1 heterocycles. The number of Topliss-reactive ketones (excluding diaryl/α,β-unsaturated/α-hetero) is 1. The van der Waals surface area contributed by atoms with Gasteiger partial charge in [0.2, 0.25) is 0 Å². The molecule has 1 saturated heterocycles. The van der Waals surface area contributed by atoms with Crippen molar-refractivity contribution in [1.29, 1.82) is 0 Å². The molecule has 0 atom stereocenters. The summed E-state index contributed by atoms with van der Waals surface area (Å²) in [6, 6.07) is 17.1. The van der Waals surface area contributed by atoms with Gasteiger partial charge < -0.3 is 9.64 Å². The minimum atomic E-state index is 0.207. The van der Waals surface area contributed by atoms with E-state index in [4.69, 9.17) is 4.74 Å². The average Bonchev–Trinajstić information content (AvgIpc) is 3.08. The van der Waals surface area contributed by atoms with E-state index in [1.54, 1.807) is 0 Å². The van der Waals surface area contributed by atoms with Gasteiger partial charge in [-0.3, -0.25) is 4.79 Å². The van der Waals surface area contributed by atoms with Crippen LogP contribution in [0, 0.1) is 0 Å². The Kier molecular flexibility index (Phi) is 4.86. The van der Waals surface area contributed by atoms with Crippen LogP contribution < -0.4 is 4.74 Å². The third-order valence-corrected chi connectivity index (χ3v) is 4.01. The van der Waals surface area contributed by atoms with Crippen LogP contribution in [0.1, 0.15) is 29.6 Å². The largest absolute Gasteiger partial charge is 0.457 e. The van der Waals surface area contributed by atoms with Gasteiger partial charge in [-0.1, -0.05) is 18.2 Å². The molecule has 114 valence electrons. The van der Waals surface area contributed by atoms with E-state index in [0.29, 0.717) is 6.42 Å². The second kappa shape index (κ2) is 7.23. The van der Waals surface area contributed by atoms with Gasteiger partial charge in [-0.2, -0.15) is 0 Å². The number of benzene rings is 2. The lowest BCUT2D eigenvalue weighted by atomic mass is 10.1. The molecule has 1 fully saturated rings. The number of ketones is 1. The standard InChI is InChI=1S/C19H21NO2/c21-19(12-15-20-13-4-5-14-20)16-8-10-18(11-9-16)22-17-6-2-1-3-7-17/h1-3,6-11H,4-5,12-15H2. The Morgan fingerprint density at radius 1 is 0.909 bits per heavy atom. The first-order valence-corrected chi connectivity index (χ1v) is 7.90. The van der Waals surface area contributed by atoms with Crippen LogP contribution in [0.3, 0.4) is 0 Å². The SMILES string of the molecule is O=C(CCN1CCCC1)c1ccc(Oc2ccccc2)cc1. The lowest BCUT2D eigenvalue weighted by Crippen LogP contribution is -2.22. The summed E-state index contributed by atoms with van der Waals surface area (Å²) in [6.07, 6.45) is 3.12. The van der Waals surface area contributed by atoms with E-state index in [1.807, 2.05) is 54.6 Å². The van der Waals surface area contributed by atoms with Gasteiger partial charge in [0.15, 0.2) is 5.78 Å². The first kappa shape index (κ1) is 14.8. The van der Waals surface area contributed by atoms with Gasteiger partial charge in [0, 0.05) is 18.5 Å². The van der Waals surface area contributed by atoms with Gasteiger partial charge in [0.1, 0.15) is 11.5 Å². The van der Waals surface area contributed by atoms with Crippen LogP contribution in [-0.2, 0) is 0 Å². The number of likely N-dealkylation sites (tertiary alicyclic amines) is 1. The maximum absolute atomic E-state index is 12.2. The molecule has 0 bridgehead atoms. The molecule has 3 rings (SSSR count). The van der Waals surface area contributed by atoms with Crippen molar-refractivity contribution >= 4 is 5.78 Å². The number of hydrogen-bond acceptors (Lipinski definition) is 3. The van der Waals surface area contributed by atoms with Gasteiger partial charge in [0.25, 0.3) is 0 Å². The lowest BCUT2D eigenvalue weighted by molar-refractivity contribution is 0.0969. The van der Waals surface area contributed by atoms with Gasteiger partial charge >= 0.3 is 0 Å². The lowest BCUT2D eigenvalue weighted by Gasteiger charge is -2.13. The summed E-state index contributed by atoms with van der Waals surface area (Å²) in [7, 11) is 0. The molecule has 2 aromatic rings. The molecular weight excluding hydrogens is 274 g/mol. The second-order valence-electron chi connectivity index (χ2n) is 5.66. The maximum atomic E-state index is 12.2. The third kappa shape index (κ3) is 3.95. The molecule has 0 N–H and O–H groups in total. The summed E-state index contributed by atoms with van der Waals surface area (Å²) in [6.45, 7) is 3.15. The topological polar surface area (TPSA) is 29.5 Å². The Hall–Kier alpha value is -2.13. The molecule has 0 spiro atoms. The molecule has 0 radical (unpaired) electrons. The van der Waals surface area contributed by atoms with Crippen molar-refractivity contribution in [2.24, 2.45) is 0 Å². The van der Waals surface area contributed by atoms with Gasteiger partial charge in [-0.15, -0.1) is 0 Å². The second-order valence-corrected chi connectivity index (χ2v) is 5.66. The molecule has 22 heavy (non-hydrogen) atoms. The van der Waals surface area contributed by atoms with E-state index in [1.165, 1.54) is 12.8 Å². The quantitative estimate of drug-likeness (QED) is 0.750. The predicted octanol–water partition coefficient (Wildman–Crippen LogP) is 4.15. The van der Waals surface area contributed by atoms with Gasteiger partial charge in [-0.05, 0) is 62.3 Å². The highest BCUT2D eigenvalue weighted by Gasteiger charge is 2.13.